The maximum atomic E-state index is 12.0. The molecule has 1 aromatic carbocycles. The minimum absolute atomic E-state index is 0.0546. The number of hydrogen-bond acceptors (Lipinski definition) is 4. The molecule has 1 aromatic heterocycles. The van der Waals surface area contributed by atoms with Crippen LogP contribution in [0.15, 0.2) is 41.6 Å². The summed E-state index contributed by atoms with van der Waals surface area (Å²) >= 11 is 0. The lowest BCUT2D eigenvalue weighted by atomic mass is 10.2. The third-order valence-corrected chi connectivity index (χ3v) is 3.78. The standard InChI is InChI=1S/C11H11N3O3S/c1-14-11(5-6-12-14)18(16,17)13-10-4-2-3-9(7-10)8-15/h2-8,13H,1H3. The van der Waals surface area contributed by atoms with Crippen LogP contribution in [0.25, 0.3) is 0 Å². The van der Waals surface area contributed by atoms with E-state index in [0.29, 0.717) is 17.5 Å². The minimum Gasteiger partial charge on any atom is -0.298 e. The Labute approximate surface area is 104 Å². The van der Waals surface area contributed by atoms with Crippen molar-refractivity contribution in [2.75, 3.05) is 4.72 Å². The van der Waals surface area contributed by atoms with E-state index in [1.165, 1.54) is 30.1 Å². The third kappa shape index (κ3) is 2.40. The molecule has 0 fully saturated rings. The number of anilines is 1. The number of carbonyl (C=O) groups is 1. The fourth-order valence-electron chi connectivity index (χ4n) is 1.51. The number of hydrogen-bond donors (Lipinski definition) is 1. The summed E-state index contributed by atoms with van der Waals surface area (Å²) in [5, 5.41) is 3.85. The number of aldehydes is 1. The molecule has 2 rings (SSSR count). The Morgan fingerprint density at radius 1 is 1.33 bits per heavy atom. The van der Waals surface area contributed by atoms with Gasteiger partial charge in [-0.1, -0.05) is 12.1 Å². The van der Waals surface area contributed by atoms with E-state index in [9.17, 15) is 13.2 Å². The van der Waals surface area contributed by atoms with Crippen LogP contribution in [0.5, 0.6) is 0 Å². The SMILES string of the molecule is Cn1nccc1S(=O)(=O)Nc1cccc(C=O)c1. The van der Waals surface area contributed by atoms with Crippen LogP contribution < -0.4 is 4.72 Å². The Morgan fingerprint density at radius 3 is 2.72 bits per heavy atom. The molecule has 0 saturated carbocycles. The van der Waals surface area contributed by atoms with Gasteiger partial charge in [-0.15, -0.1) is 0 Å². The first-order valence-corrected chi connectivity index (χ1v) is 6.57. The van der Waals surface area contributed by atoms with Gasteiger partial charge in [-0.05, 0) is 18.2 Å². The van der Waals surface area contributed by atoms with Gasteiger partial charge >= 0.3 is 0 Å². The molecule has 0 atom stereocenters. The number of nitrogens with zero attached hydrogens (tertiary/aromatic N) is 2. The van der Waals surface area contributed by atoms with Crippen molar-refractivity contribution in [2.45, 2.75) is 5.03 Å². The highest BCUT2D eigenvalue weighted by molar-refractivity contribution is 7.92. The quantitative estimate of drug-likeness (QED) is 0.837. The van der Waals surface area contributed by atoms with Crippen LogP contribution in [0.3, 0.4) is 0 Å². The van der Waals surface area contributed by atoms with Gasteiger partial charge < -0.3 is 0 Å². The molecule has 0 aliphatic heterocycles. The van der Waals surface area contributed by atoms with Gasteiger partial charge in [-0.25, -0.2) is 0 Å². The third-order valence-electron chi connectivity index (χ3n) is 2.33. The maximum Gasteiger partial charge on any atom is 0.279 e. The van der Waals surface area contributed by atoms with E-state index in [2.05, 4.69) is 9.82 Å². The maximum absolute atomic E-state index is 12.0. The number of benzene rings is 1. The second kappa shape index (κ2) is 4.61. The van der Waals surface area contributed by atoms with Crippen molar-refractivity contribution in [1.82, 2.24) is 9.78 Å². The number of sulfonamides is 1. The largest absolute Gasteiger partial charge is 0.298 e. The van der Waals surface area contributed by atoms with Gasteiger partial charge in [0.1, 0.15) is 6.29 Å². The zero-order chi connectivity index (χ0) is 13.2. The molecular weight excluding hydrogens is 254 g/mol. The summed E-state index contributed by atoms with van der Waals surface area (Å²) in [4.78, 5) is 10.6. The molecule has 0 aliphatic carbocycles. The molecule has 0 aliphatic rings. The second-order valence-electron chi connectivity index (χ2n) is 3.64. The van der Waals surface area contributed by atoms with Crippen LogP contribution in [0, 0.1) is 0 Å². The molecule has 0 bridgehead atoms. The van der Waals surface area contributed by atoms with Crippen molar-refractivity contribution >= 4 is 22.0 Å². The number of rotatable bonds is 4. The van der Waals surface area contributed by atoms with Gasteiger partial charge in [-0.2, -0.15) is 13.5 Å². The van der Waals surface area contributed by atoms with Crippen molar-refractivity contribution in [3.05, 3.63) is 42.1 Å². The van der Waals surface area contributed by atoms with E-state index in [1.807, 2.05) is 0 Å². The summed E-state index contributed by atoms with van der Waals surface area (Å²) in [5.41, 5.74) is 0.737. The molecular formula is C11H11N3O3S. The molecule has 94 valence electrons. The molecule has 0 amide bonds. The molecule has 1 N–H and O–H groups in total. The second-order valence-corrected chi connectivity index (χ2v) is 5.27. The van der Waals surface area contributed by atoms with Gasteiger partial charge in [0.2, 0.25) is 0 Å². The van der Waals surface area contributed by atoms with Crippen molar-refractivity contribution in [1.29, 1.82) is 0 Å². The highest BCUT2D eigenvalue weighted by atomic mass is 32.2. The smallest absolute Gasteiger partial charge is 0.279 e. The fraction of sp³-hybridized carbons (Fsp3) is 0.0909. The van der Waals surface area contributed by atoms with Crippen LogP contribution >= 0.6 is 0 Å². The van der Waals surface area contributed by atoms with Gasteiger partial charge in [0.15, 0.2) is 5.03 Å². The molecule has 6 nitrogen and oxygen atoms in total. The van der Waals surface area contributed by atoms with Crippen LogP contribution in [0.1, 0.15) is 10.4 Å². The lowest BCUT2D eigenvalue weighted by Crippen LogP contribution is -2.16. The van der Waals surface area contributed by atoms with Crippen LogP contribution in [0.2, 0.25) is 0 Å². The van der Waals surface area contributed by atoms with Crippen molar-refractivity contribution in [3.63, 3.8) is 0 Å². The normalized spacial score (nSPS) is 11.2. The summed E-state index contributed by atoms with van der Waals surface area (Å²) in [6.45, 7) is 0. The summed E-state index contributed by atoms with van der Waals surface area (Å²) in [5.74, 6) is 0. The predicted octanol–water partition coefficient (Wildman–Crippen LogP) is 1.03. The van der Waals surface area contributed by atoms with E-state index in [1.54, 1.807) is 18.2 Å². The molecule has 0 saturated heterocycles. The monoisotopic (exact) mass is 265 g/mol. The average molecular weight is 265 g/mol. The first-order valence-electron chi connectivity index (χ1n) is 5.09. The molecule has 0 unspecified atom stereocenters. The molecule has 7 heteroatoms. The molecule has 0 radical (unpaired) electrons. The van der Waals surface area contributed by atoms with Gasteiger partial charge in [0, 0.05) is 18.3 Å². The average Bonchev–Trinajstić information content (AvgIpc) is 2.76. The first kappa shape index (κ1) is 12.3. The Bertz CT molecular complexity index is 676. The summed E-state index contributed by atoms with van der Waals surface area (Å²) in [6.07, 6.45) is 2.05. The minimum atomic E-state index is -3.69. The Morgan fingerprint density at radius 2 is 2.11 bits per heavy atom. The van der Waals surface area contributed by atoms with Crippen LogP contribution in [-0.2, 0) is 17.1 Å². The fourth-order valence-corrected chi connectivity index (χ4v) is 2.69. The zero-order valence-corrected chi connectivity index (χ0v) is 10.4. The van der Waals surface area contributed by atoms with E-state index in [-0.39, 0.29) is 5.03 Å². The van der Waals surface area contributed by atoms with Crippen molar-refractivity contribution in [2.24, 2.45) is 7.05 Å². The van der Waals surface area contributed by atoms with Gasteiger partial charge in [0.25, 0.3) is 10.0 Å². The molecule has 1 heterocycles. The predicted molar refractivity (Wildman–Crippen MR) is 65.8 cm³/mol. The summed E-state index contributed by atoms with van der Waals surface area (Å²) < 4.78 is 27.7. The van der Waals surface area contributed by atoms with E-state index in [4.69, 9.17) is 0 Å². The van der Waals surface area contributed by atoms with Gasteiger partial charge in [-0.3, -0.25) is 14.2 Å². The summed E-state index contributed by atoms with van der Waals surface area (Å²) in [7, 11) is -2.15. The summed E-state index contributed by atoms with van der Waals surface area (Å²) in [6, 6.07) is 7.62. The van der Waals surface area contributed by atoms with Gasteiger partial charge in [0.05, 0.1) is 6.20 Å². The van der Waals surface area contributed by atoms with Crippen LogP contribution in [0.4, 0.5) is 5.69 Å². The lowest BCUT2D eigenvalue weighted by Gasteiger charge is -2.08. The topological polar surface area (TPSA) is 81.1 Å². The Hall–Kier alpha value is -2.15. The Balaban J connectivity index is 2.33. The van der Waals surface area contributed by atoms with Crippen LogP contribution in [-0.4, -0.2) is 24.5 Å². The number of aromatic nitrogens is 2. The number of carbonyl (C=O) groups excluding carboxylic acids is 1. The van der Waals surface area contributed by atoms with E-state index in [0.717, 1.165) is 0 Å². The Kier molecular flexibility index (Phi) is 3.15. The lowest BCUT2D eigenvalue weighted by molar-refractivity contribution is 0.112. The molecule has 2 aromatic rings. The van der Waals surface area contributed by atoms with E-state index < -0.39 is 10.0 Å². The number of nitrogens with one attached hydrogen (secondary N) is 1. The van der Waals surface area contributed by atoms with Crippen molar-refractivity contribution in [3.8, 4) is 0 Å². The van der Waals surface area contributed by atoms with Crippen molar-refractivity contribution < 1.29 is 13.2 Å². The molecule has 18 heavy (non-hydrogen) atoms. The first-order chi connectivity index (χ1) is 8.53. The highest BCUT2D eigenvalue weighted by Crippen LogP contribution is 2.15. The molecule has 0 spiro atoms. The highest BCUT2D eigenvalue weighted by Gasteiger charge is 2.17. The van der Waals surface area contributed by atoms with E-state index >= 15 is 0 Å². The number of aryl methyl sites for hydroxylation is 1. The zero-order valence-electron chi connectivity index (χ0n) is 9.57.